The van der Waals surface area contributed by atoms with Crippen LogP contribution in [0.5, 0.6) is 5.75 Å². The van der Waals surface area contributed by atoms with E-state index in [1.165, 1.54) is 6.07 Å². The molecule has 1 atom stereocenters. The third-order valence-corrected chi connectivity index (χ3v) is 5.64. The zero-order valence-electron chi connectivity index (χ0n) is 17.1. The van der Waals surface area contributed by atoms with Crippen LogP contribution in [0.15, 0.2) is 42.5 Å². The van der Waals surface area contributed by atoms with Crippen molar-refractivity contribution in [1.29, 1.82) is 0 Å². The standard InChI is InChI=1S/C23H26FN3O3/c1-2-30-20-11-4-3-9-18(20)27-15-16(14-21(27)28)23(29)25-22-17(24)8-7-10-19(22)26-12-5-6-13-26/h3-4,7-11,16H,2,5-6,12-15H2,1H3,(H,25,29). The van der Waals surface area contributed by atoms with Crippen molar-refractivity contribution in [3.05, 3.63) is 48.3 Å². The van der Waals surface area contributed by atoms with Crippen LogP contribution in [0.3, 0.4) is 0 Å². The van der Waals surface area contributed by atoms with Crippen LogP contribution >= 0.6 is 0 Å². The van der Waals surface area contributed by atoms with Crippen LogP contribution in [0.4, 0.5) is 21.5 Å². The number of rotatable bonds is 6. The second kappa shape index (κ2) is 8.73. The fourth-order valence-corrected chi connectivity index (χ4v) is 4.16. The smallest absolute Gasteiger partial charge is 0.229 e. The molecule has 1 unspecified atom stereocenters. The van der Waals surface area contributed by atoms with Crippen LogP contribution in [0.1, 0.15) is 26.2 Å². The highest BCUT2D eigenvalue weighted by Crippen LogP contribution is 2.35. The molecular weight excluding hydrogens is 385 g/mol. The van der Waals surface area contributed by atoms with Gasteiger partial charge in [-0.05, 0) is 44.0 Å². The second-order valence-electron chi connectivity index (χ2n) is 7.62. The van der Waals surface area contributed by atoms with Gasteiger partial charge < -0.3 is 19.9 Å². The highest BCUT2D eigenvalue weighted by Gasteiger charge is 2.37. The topological polar surface area (TPSA) is 61.9 Å². The Morgan fingerprint density at radius 3 is 2.63 bits per heavy atom. The molecule has 2 amide bonds. The summed E-state index contributed by atoms with van der Waals surface area (Å²) < 4.78 is 20.2. The van der Waals surface area contributed by atoms with Gasteiger partial charge in [0.2, 0.25) is 11.8 Å². The molecule has 158 valence electrons. The Bertz CT molecular complexity index is 943. The van der Waals surface area contributed by atoms with Crippen molar-refractivity contribution in [2.45, 2.75) is 26.2 Å². The van der Waals surface area contributed by atoms with Crippen molar-refractivity contribution in [2.24, 2.45) is 5.92 Å². The average Bonchev–Trinajstić information content (AvgIpc) is 3.40. The largest absolute Gasteiger partial charge is 0.492 e. The van der Waals surface area contributed by atoms with Crippen LogP contribution in [-0.2, 0) is 9.59 Å². The molecule has 6 nitrogen and oxygen atoms in total. The normalized spacial score (nSPS) is 18.7. The lowest BCUT2D eigenvalue weighted by Crippen LogP contribution is -2.29. The van der Waals surface area contributed by atoms with Crippen LogP contribution in [0.2, 0.25) is 0 Å². The summed E-state index contributed by atoms with van der Waals surface area (Å²) in [6.07, 6.45) is 2.18. The van der Waals surface area contributed by atoms with E-state index in [1.807, 2.05) is 31.2 Å². The SMILES string of the molecule is CCOc1ccccc1N1CC(C(=O)Nc2c(F)cccc2N2CCCC2)CC1=O. The first-order valence-corrected chi connectivity index (χ1v) is 10.4. The molecular formula is C23H26FN3O3. The molecule has 2 aromatic rings. The number of carbonyl (C=O) groups excluding carboxylic acids is 2. The third kappa shape index (κ3) is 3.97. The zero-order valence-corrected chi connectivity index (χ0v) is 17.1. The lowest BCUT2D eigenvalue weighted by atomic mass is 10.1. The van der Waals surface area contributed by atoms with Crippen molar-refractivity contribution in [2.75, 3.05) is 41.4 Å². The predicted molar refractivity (Wildman–Crippen MR) is 115 cm³/mol. The maximum Gasteiger partial charge on any atom is 0.229 e. The molecule has 7 heteroatoms. The fourth-order valence-electron chi connectivity index (χ4n) is 4.16. The van der Waals surface area contributed by atoms with Gasteiger partial charge in [-0.2, -0.15) is 0 Å². The fraction of sp³-hybridized carbons (Fsp3) is 0.391. The summed E-state index contributed by atoms with van der Waals surface area (Å²) in [5.41, 5.74) is 1.55. The molecule has 2 aliphatic heterocycles. The van der Waals surface area contributed by atoms with Crippen LogP contribution in [0, 0.1) is 11.7 Å². The van der Waals surface area contributed by atoms with Gasteiger partial charge in [-0.1, -0.05) is 18.2 Å². The molecule has 2 aromatic carbocycles. The highest BCUT2D eigenvalue weighted by molar-refractivity contribution is 6.05. The van der Waals surface area contributed by atoms with Gasteiger partial charge in [0.25, 0.3) is 0 Å². The molecule has 2 fully saturated rings. The Hall–Kier alpha value is -3.09. The number of nitrogens with zero attached hydrogens (tertiary/aromatic N) is 2. The summed E-state index contributed by atoms with van der Waals surface area (Å²) in [6.45, 7) is 4.29. The minimum atomic E-state index is -0.557. The molecule has 2 aliphatic rings. The zero-order chi connectivity index (χ0) is 21.1. The summed E-state index contributed by atoms with van der Waals surface area (Å²) in [5, 5.41) is 2.76. The van der Waals surface area contributed by atoms with Gasteiger partial charge in [-0.25, -0.2) is 4.39 Å². The lowest BCUT2D eigenvalue weighted by Gasteiger charge is -2.23. The number of halogens is 1. The Morgan fingerprint density at radius 1 is 1.13 bits per heavy atom. The molecule has 30 heavy (non-hydrogen) atoms. The molecule has 0 radical (unpaired) electrons. The number of hydrogen-bond acceptors (Lipinski definition) is 4. The molecule has 0 aliphatic carbocycles. The monoisotopic (exact) mass is 411 g/mol. The first kappa shape index (κ1) is 20.2. The second-order valence-corrected chi connectivity index (χ2v) is 7.62. The Morgan fingerprint density at radius 2 is 1.87 bits per heavy atom. The van der Waals surface area contributed by atoms with Crippen molar-refractivity contribution >= 4 is 28.9 Å². The predicted octanol–water partition coefficient (Wildman–Crippen LogP) is 3.82. The molecule has 2 heterocycles. The van der Waals surface area contributed by atoms with E-state index in [0.29, 0.717) is 23.7 Å². The third-order valence-electron chi connectivity index (χ3n) is 5.64. The Labute approximate surface area is 175 Å². The summed E-state index contributed by atoms with van der Waals surface area (Å²) >= 11 is 0. The molecule has 0 aromatic heterocycles. The number of ether oxygens (including phenoxy) is 1. The maximum atomic E-state index is 14.6. The summed E-state index contributed by atoms with van der Waals surface area (Å²) in [4.78, 5) is 29.3. The Kier molecular flexibility index (Phi) is 5.88. The first-order valence-electron chi connectivity index (χ1n) is 10.4. The first-order chi connectivity index (χ1) is 14.6. The van der Waals surface area contributed by atoms with Gasteiger partial charge in [0.15, 0.2) is 0 Å². The van der Waals surface area contributed by atoms with Crippen molar-refractivity contribution < 1.29 is 18.7 Å². The van der Waals surface area contributed by atoms with E-state index < -0.39 is 11.7 Å². The number of anilines is 3. The minimum absolute atomic E-state index is 0.0831. The van der Waals surface area contributed by atoms with Crippen molar-refractivity contribution in [3.63, 3.8) is 0 Å². The number of hydrogen-bond donors (Lipinski definition) is 1. The lowest BCUT2D eigenvalue weighted by molar-refractivity contribution is -0.122. The minimum Gasteiger partial charge on any atom is -0.492 e. The van der Waals surface area contributed by atoms with E-state index in [1.54, 1.807) is 17.0 Å². The average molecular weight is 411 g/mol. The Balaban J connectivity index is 1.52. The van der Waals surface area contributed by atoms with Crippen LogP contribution in [0.25, 0.3) is 0 Å². The highest BCUT2D eigenvalue weighted by atomic mass is 19.1. The summed E-state index contributed by atoms with van der Waals surface area (Å²) in [7, 11) is 0. The van der Waals surface area contributed by atoms with E-state index in [2.05, 4.69) is 10.2 Å². The molecule has 0 spiro atoms. The van der Waals surface area contributed by atoms with Crippen molar-refractivity contribution in [1.82, 2.24) is 0 Å². The van der Waals surface area contributed by atoms with Gasteiger partial charge in [0, 0.05) is 26.1 Å². The van der Waals surface area contributed by atoms with E-state index in [9.17, 15) is 14.0 Å². The van der Waals surface area contributed by atoms with Gasteiger partial charge in [-0.3, -0.25) is 9.59 Å². The van der Waals surface area contributed by atoms with Crippen molar-refractivity contribution in [3.8, 4) is 5.75 Å². The number of para-hydroxylation sites is 3. The molecule has 4 rings (SSSR count). The quantitative estimate of drug-likeness (QED) is 0.785. The van der Waals surface area contributed by atoms with Crippen LogP contribution < -0.4 is 19.9 Å². The molecule has 1 N–H and O–H groups in total. The van der Waals surface area contributed by atoms with Gasteiger partial charge in [-0.15, -0.1) is 0 Å². The number of carbonyl (C=O) groups is 2. The molecule has 2 saturated heterocycles. The van der Waals surface area contributed by atoms with Crippen LogP contribution in [-0.4, -0.2) is 38.1 Å². The summed E-state index contributed by atoms with van der Waals surface area (Å²) in [6, 6.07) is 12.1. The van der Waals surface area contributed by atoms with Gasteiger partial charge in [0.1, 0.15) is 17.3 Å². The van der Waals surface area contributed by atoms with Gasteiger partial charge in [0.05, 0.1) is 23.9 Å². The number of benzene rings is 2. The van der Waals surface area contributed by atoms with E-state index in [0.717, 1.165) is 25.9 Å². The van der Waals surface area contributed by atoms with E-state index in [4.69, 9.17) is 4.74 Å². The van der Waals surface area contributed by atoms with E-state index in [-0.39, 0.29) is 30.5 Å². The number of nitrogens with one attached hydrogen (secondary N) is 1. The number of amides is 2. The maximum absolute atomic E-state index is 14.6. The summed E-state index contributed by atoms with van der Waals surface area (Å²) in [5.74, 6) is -0.894. The molecule has 0 saturated carbocycles. The van der Waals surface area contributed by atoms with E-state index >= 15 is 0 Å². The molecule has 0 bridgehead atoms. The van der Waals surface area contributed by atoms with Gasteiger partial charge >= 0.3 is 0 Å².